The molecule has 2 rings (SSSR count). The number of hydrogen-bond acceptors (Lipinski definition) is 3. The van der Waals surface area contributed by atoms with Gasteiger partial charge in [0.2, 0.25) is 0 Å². The summed E-state index contributed by atoms with van der Waals surface area (Å²) in [7, 11) is 0. The average molecular weight is 268 g/mol. The molecule has 2 aliphatic rings. The van der Waals surface area contributed by atoms with Crippen LogP contribution in [0.1, 0.15) is 53.4 Å². The van der Waals surface area contributed by atoms with E-state index >= 15 is 0 Å². The Hall–Kier alpha value is -0.120. The van der Waals surface area contributed by atoms with E-state index in [2.05, 4.69) is 37.9 Å². The lowest BCUT2D eigenvalue weighted by molar-refractivity contribution is 0.00644. The van der Waals surface area contributed by atoms with E-state index in [1.807, 2.05) is 0 Å². The van der Waals surface area contributed by atoms with Crippen LogP contribution in [0.5, 0.6) is 0 Å². The van der Waals surface area contributed by atoms with E-state index in [4.69, 9.17) is 4.74 Å². The first-order valence-corrected chi connectivity index (χ1v) is 8.26. The Kier molecular flexibility index (Phi) is 5.67. The Labute approximate surface area is 119 Å². The number of piperazine rings is 1. The third kappa shape index (κ3) is 3.93. The molecule has 2 saturated heterocycles. The zero-order valence-corrected chi connectivity index (χ0v) is 13.2. The maximum atomic E-state index is 6.02. The minimum Gasteiger partial charge on any atom is -0.374 e. The topological polar surface area (TPSA) is 24.5 Å². The van der Waals surface area contributed by atoms with Crippen molar-refractivity contribution in [3.8, 4) is 0 Å². The van der Waals surface area contributed by atoms with E-state index < -0.39 is 0 Å². The molecule has 2 heterocycles. The van der Waals surface area contributed by atoms with Gasteiger partial charge in [-0.3, -0.25) is 4.90 Å². The van der Waals surface area contributed by atoms with Crippen molar-refractivity contribution in [2.75, 3.05) is 19.6 Å². The molecule has 0 aromatic heterocycles. The fourth-order valence-electron chi connectivity index (χ4n) is 3.46. The lowest BCUT2D eigenvalue weighted by atomic mass is 9.94. The van der Waals surface area contributed by atoms with Crippen LogP contribution in [0, 0.1) is 5.92 Å². The van der Waals surface area contributed by atoms with Crippen LogP contribution in [-0.2, 0) is 4.74 Å². The van der Waals surface area contributed by atoms with Gasteiger partial charge in [0.1, 0.15) is 0 Å². The molecule has 0 aromatic rings. The Balaban J connectivity index is 1.90. The number of nitrogens with zero attached hydrogens (tertiary/aromatic N) is 1. The number of ether oxygens (including phenoxy) is 1. The van der Waals surface area contributed by atoms with Gasteiger partial charge in [-0.15, -0.1) is 0 Å². The van der Waals surface area contributed by atoms with Gasteiger partial charge in [-0.1, -0.05) is 27.2 Å². The molecule has 112 valence electrons. The predicted molar refractivity (Wildman–Crippen MR) is 80.5 cm³/mol. The molecule has 0 amide bonds. The molecular formula is C16H32N2O. The molecule has 0 bridgehead atoms. The van der Waals surface area contributed by atoms with E-state index in [1.165, 1.54) is 32.2 Å². The lowest BCUT2D eigenvalue weighted by Gasteiger charge is -2.43. The van der Waals surface area contributed by atoms with Gasteiger partial charge in [0.05, 0.1) is 12.2 Å². The van der Waals surface area contributed by atoms with Gasteiger partial charge in [0.15, 0.2) is 0 Å². The SMILES string of the molecule is CCC(C)C1CN(CC2CCC(C)O2)C(CC)CN1. The van der Waals surface area contributed by atoms with Crippen molar-refractivity contribution in [2.24, 2.45) is 5.92 Å². The van der Waals surface area contributed by atoms with Crippen LogP contribution in [0.3, 0.4) is 0 Å². The maximum absolute atomic E-state index is 6.02. The van der Waals surface area contributed by atoms with Crippen LogP contribution in [0.4, 0.5) is 0 Å². The summed E-state index contributed by atoms with van der Waals surface area (Å²) in [5, 5.41) is 3.75. The molecule has 0 spiro atoms. The second kappa shape index (κ2) is 7.05. The average Bonchev–Trinajstić information content (AvgIpc) is 2.83. The summed E-state index contributed by atoms with van der Waals surface area (Å²) in [4.78, 5) is 2.69. The summed E-state index contributed by atoms with van der Waals surface area (Å²) in [6, 6.07) is 1.35. The van der Waals surface area contributed by atoms with Crippen molar-refractivity contribution in [2.45, 2.75) is 77.7 Å². The minimum absolute atomic E-state index is 0.471. The quantitative estimate of drug-likeness (QED) is 0.829. The van der Waals surface area contributed by atoms with E-state index in [-0.39, 0.29) is 0 Å². The molecule has 0 saturated carbocycles. The number of nitrogens with one attached hydrogen (secondary N) is 1. The highest BCUT2D eigenvalue weighted by molar-refractivity contribution is 4.89. The van der Waals surface area contributed by atoms with Crippen molar-refractivity contribution >= 4 is 0 Å². The van der Waals surface area contributed by atoms with Crippen molar-refractivity contribution in [3.63, 3.8) is 0 Å². The first-order chi connectivity index (χ1) is 9.13. The molecule has 0 aromatic carbocycles. The summed E-state index contributed by atoms with van der Waals surface area (Å²) in [5.41, 5.74) is 0. The summed E-state index contributed by atoms with van der Waals surface area (Å²) >= 11 is 0. The maximum Gasteiger partial charge on any atom is 0.0706 e. The molecule has 1 N–H and O–H groups in total. The van der Waals surface area contributed by atoms with Gasteiger partial charge in [-0.05, 0) is 32.1 Å². The van der Waals surface area contributed by atoms with Crippen LogP contribution < -0.4 is 5.32 Å². The molecule has 2 aliphatic heterocycles. The molecule has 2 fully saturated rings. The van der Waals surface area contributed by atoms with Crippen molar-refractivity contribution in [1.82, 2.24) is 10.2 Å². The van der Waals surface area contributed by atoms with Crippen molar-refractivity contribution in [3.05, 3.63) is 0 Å². The molecule has 0 aliphatic carbocycles. The van der Waals surface area contributed by atoms with Gasteiger partial charge >= 0.3 is 0 Å². The normalized spacial score (nSPS) is 38.5. The van der Waals surface area contributed by atoms with Gasteiger partial charge < -0.3 is 10.1 Å². The largest absolute Gasteiger partial charge is 0.374 e. The van der Waals surface area contributed by atoms with Gasteiger partial charge in [0, 0.05) is 31.7 Å². The van der Waals surface area contributed by atoms with Crippen molar-refractivity contribution < 1.29 is 4.74 Å². The standard InChI is InChI=1S/C16H32N2O/c1-5-12(3)16-11-18(14(6-2)9-17-16)10-15-8-7-13(4)19-15/h12-17H,5-11H2,1-4H3. The monoisotopic (exact) mass is 268 g/mol. The lowest BCUT2D eigenvalue weighted by Crippen LogP contribution is -2.59. The molecule has 3 nitrogen and oxygen atoms in total. The molecule has 5 unspecified atom stereocenters. The second-order valence-corrected chi connectivity index (χ2v) is 6.56. The highest BCUT2D eigenvalue weighted by Crippen LogP contribution is 2.23. The molecule has 0 radical (unpaired) electrons. The Morgan fingerprint density at radius 2 is 2.11 bits per heavy atom. The fraction of sp³-hybridized carbons (Fsp3) is 1.00. The summed E-state index contributed by atoms with van der Waals surface area (Å²) < 4.78 is 6.02. The van der Waals surface area contributed by atoms with E-state index in [9.17, 15) is 0 Å². The smallest absolute Gasteiger partial charge is 0.0706 e. The van der Waals surface area contributed by atoms with Gasteiger partial charge in [-0.25, -0.2) is 0 Å². The number of hydrogen-bond donors (Lipinski definition) is 1. The summed E-state index contributed by atoms with van der Waals surface area (Å²) in [6.07, 6.45) is 5.93. The number of rotatable bonds is 5. The first-order valence-electron chi connectivity index (χ1n) is 8.26. The van der Waals surface area contributed by atoms with Crippen LogP contribution in [0.15, 0.2) is 0 Å². The summed E-state index contributed by atoms with van der Waals surface area (Å²) in [6.45, 7) is 12.7. The molecular weight excluding hydrogens is 236 g/mol. The Bertz CT molecular complexity index is 269. The third-order valence-corrected chi connectivity index (χ3v) is 5.12. The second-order valence-electron chi connectivity index (χ2n) is 6.56. The van der Waals surface area contributed by atoms with Gasteiger partial charge in [-0.2, -0.15) is 0 Å². The highest BCUT2D eigenvalue weighted by atomic mass is 16.5. The fourth-order valence-corrected chi connectivity index (χ4v) is 3.46. The predicted octanol–water partition coefficient (Wildman–Crippen LogP) is 2.65. The van der Waals surface area contributed by atoms with Crippen LogP contribution in [0.2, 0.25) is 0 Å². The van der Waals surface area contributed by atoms with Gasteiger partial charge in [0.25, 0.3) is 0 Å². The van der Waals surface area contributed by atoms with E-state index in [1.54, 1.807) is 0 Å². The van der Waals surface area contributed by atoms with Crippen LogP contribution in [-0.4, -0.2) is 48.8 Å². The first kappa shape index (κ1) is 15.3. The van der Waals surface area contributed by atoms with E-state index in [0.29, 0.717) is 24.3 Å². The summed E-state index contributed by atoms with van der Waals surface area (Å²) in [5.74, 6) is 0.767. The zero-order valence-electron chi connectivity index (χ0n) is 13.2. The van der Waals surface area contributed by atoms with Crippen LogP contribution in [0.25, 0.3) is 0 Å². The van der Waals surface area contributed by atoms with Crippen LogP contribution >= 0.6 is 0 Å². The molecule has 19 heavy (non-hydrogen) atoms. The van der Waals surface area contributed by atoms with Crippen molar-refractivity contribution in [1.29, 1.82) is 0 Å². The Morgan fingerprint density at radius 1 is 1.32 bits per heavy atom. The Morgan fingerprint density at radius 3 is 2.68 bits per heavy atom. The third-order valence-electron chi connectivity index (χ3n) is 5.12. The highest BCUT2D eigenvalue weighted by Gasteiger charge is 2.32. The zero-order chi connectivity index (χ0) is 13.8. The molecule has 3 heteroatoms. The van der Waals surface area contributed by atoms with E-state index in [0.717, 1.165) is 19.0 Å². The molecule has 5 atom stereocenters. The minimum atomic E-state index is 0.471.